The molecule has 128 valence electrons. The van der Waals surface area contributed by atoms with Crippen LogP contribution in [0.1, 0.15) is 31.1 Å². The summed E-state index contributed by atoms with van der Waals surface area (Å²) in [4.78, 5) is 12.5. The summed E-state index contributed by atoms with van der Waals surface area (Å²) in [5.74, 6) is 1.70. The molecule has 5 nitrogen and oxygen atoms in total. The predicted molar refractivity (Wildman–Crippen MR) is 94.3 cm³/mol. The molecule has 0 saturated heterocycles. The summed E-state index contributed by atoms with van der Waals surface area (Å²) in [7, 11) is 0. The zero-order valence-electron chi connectivity index (χ0n) is 14.3. The number of amides is 1. The van der Waals surface area contributed by atoms with Crippen molar-refractivity contribution in [2.24, 2.45) is 0 Å². The highest BCUT2D eigenvalue weighted by atomic mass is 16.5. The monoisotopic (exact) mass is 329 g/mol. The van der Waals surface area contributed by atoms with Crippen LogP contribution in [0.2, 0.25) is 0 Å². The number of nitrogens with one attached hydrogen (secondary N) is 1. The molecule has 1 amide bonds. The van der Waals surface area contributed by atoms with Crippen molar-refractivity contribution in [3.05, 3.63) is 48.0 Å². The molecule has 24 heavy (non-hydrogen) atoms. The second-order valence-corrected chi connectivity index (χ2v) is 4.94. The second-order valence-electron chi connectivity index (χ2n) is 4.94. The van der Waals surface area contributed by atoms with Crippen LogP contribution < -0.4 is 19.5 Å². The van der Waals surface area contributed by atoms with Gasteiger partial charge in [-0.3, -0.25) is 4.79 Å². The number of carbonyl (C=O) groups is 1. The summed E-state index contributed by atoms with van der Waals surface area (Å²) >= 11 is 0. The number of ether oxygens (including phenoxy) is 3. The molecule has 1 N–H and O–H groups in total. The molecule has 0 aliphatic rings. The minimum absolute atomic E-state index is 0.215. The van der Waals surface area contributed by atoms with E-state index in [4.69, 9.17) is 14.2 Å². The maximum atomic E-state index is 12.5. The van der Waals surface area contributed by atoms with Gasteiger partial charge in [0, 0.05) is 17.3 Å². The van der Waals surface area contributed by atoms with Gasteiger partial charge in [0.15, 0.2) is 11.5 Å². The molecule has 0 fully saturated rings. The third-order valence-electron chi connectivity index (χ3n) is 3.21. The molecular formula is C19H23NO4. The lowest BCUT2D eigenvalue weighted by molar-refractivity contribution is 0.102. The van der Waals surface area contributed by atoms with E-state index in [0.717, 1.165) is 5.75 Å². The minimum Gasteiger partial charge on any atom is -0.494 e. The number of hydrogen-bond acceptors (Lipinski definition) is 4. The average molecular weight is 329 g/mol. The number of benzene rings is 2. The van der Waals surface area contributed by atoms with Gasteiger partial charge in [-0.2, -0.15) is 0 Å². The quantitative estimate of drug-likeness (QED) is 0.791. The molecule has 0 spiro atoms. The van der Waals surface area contributed by atoms with Crippen molar-refractivity contribution in [1.82, 2.24) is 0 Å². The third-order valence-corrected chi connectivity index (χ3v) is 3.21. The molecule has 0 atom stereocenters. The number of carbonyl (C=O) groups excluding carboxylic acids is 1. The summed E-state index contributed by atoms with van der Waals surface area (Å²) in [6.07, 6.45) is 0. The van der Waals surface area contributed by atoms with Gasteiger partial charge >= 0.3 is 0 Å². The number of rotatable bonds is 8. The molecule has 0 aliphatic heterocycles. The Hall–Kier alpha value is -2.69. The summed E-state index contributed by atoms with van der Waals surface area (Å²) in [5, 5.41) is 2.86. The first-order valence-electron chi connectivity index (χ1n) is 8.11. The molecule has 0 radical (unpaired) electrons. The third kappa shape index (κ3) is 4.65. The van der Waals surface area contributed by atoms with Crippen LogP contribution in [0, 0.1) is 0 Å². The van der Waals surface area contributed by atoms with Crippen molar-refractivity contribution < 1.29 is 19.0 Å². The lowest BCUT2D eigenvalue weighted by atomic mass is 10.1. The van der Waals surface area contributed by atoms with Gasteiger partial charge in [-0.1, -0.05) is 6.07 Å². The molecule has 2 aromatic rings. The van der Waals surface area contributed by atoms with Gasteiger partial charge < -0.3 is 19.5 Å². The van der Waals surface area contributed by atoms with E-state index in [2.05, 4.69) is 5.32 Å². The summed E-state index contributed by atoms with van der Waals surface area (Å²) in [5.41, 5.74) is 1.18. The van der Waals surface area contributed by atoms with Gasteiger partial charge in [0.25, 0.3) is 5.91 Å². The fourth-order valence-corrected chi connectivity index (χ4v) is 2.23. The number of hydrogen-bond donors (Lipinski definition) is 1. The highest BCUT2D eigenvalue weighted by Crippen LogP contribution is 2.29. The Labute approximate surface area is 142 Å². The van der Waals surface area contributed by atoms with Crippen LogP contribution in [0.25, 0.3) is 0 Å². The maximum Gasteiger partial charge on any atom is 0.255 e. The van der Waals surface area contributed by atoms with Gasteiger partial charge in [-0.15, -0.1) is 0 Å². The van der Waals surface area contributed by atoms with Crippen molar-refractivity contribution in [2.45, 2.75) is 20.8 Å². The Kier molecular flexibility index (Phi) is 6.49. The fourth-order valence-electron chi connectivity index (χ4n) is 2.23. The van der Waals surface area contributed by atoms with Crippen LogP contribution in [-0.2, 0) is 0 Å². The Morgan fingerprint density at radius 2 is 1.58 bits per heavy atom. The zero-order valence-corrected chi connectivity index (χ0v) is 14.3. The van der Waals surface area contributed by atoms with E-state index in [1.165, 1.54) is 0 Å². The van der Waals surface area contributed by atoms with Crippen molar-refractivity contribution in [3.63, 3.8) is 0 Å². The van der Waals surface area contributed by atoms with Crippen molar-refractivity contribution in [2.75, 3.05) is 25.1 Å². The second kappa shape index (κ2) is 8.82. The van der Waals surface area contributed by atoms with E-state index in [-0.39, 0.29) is 5.91 Å². The van der Waals surface area contributed by atoms with Crippen LogP contribution in [0.3, 0.4) is 0 Å². The van der Waals surface area contributed by atoms with Gasteiger partial charge in [0.05, 0.1) is 19.8 Å². The molecule has 0 aromatic heterocycles. The predicted octanol–water partition coefficient (Wildman–Crippen LogP) is 4.14. The Balaban J connectivity index is 2.17. The van der Waals surface area contributed by atoms with Gasteiger partial charge in [0.2, 0.25) is 0 Å². The smallest absolute Gasteiger partial charge is 0.255 e. The topological polar surface area (TPSA) is 56.8 Å². The summed E-state index contributed by atoms with van der Waals surface area (Å²) in [6, 6.07) is 12.5. The Morgan fingerprint density at radius 1 is 0.875 bits per heavy atom. The Morgan fingerprint density at radius 3 is 2.29 bits per heavy atom. The zero-order chi connectivity index (χ0) is 17.4. The maximum absolute atomic E-state index is 12.5. The summed E-state index contributed by atoms with van der Waals surface area (Å²) < 4.78 is 16.5. The van der Waals surface area contributed by atoms with E-state index < -0.39 is 0 Å². The van der Waals surface area contributed by atoms with Crippen LogP contribution in [0.5, 0.6) is 17.2 Å². The molecule has 0 heterocycles. The molecule has 0 unspecified atom stereocenters. The van der Waals surface area contributed by atoms with Crippen LogP contribution in [0.15, 0.2) is 42.5 Å². The highest BCUT2D eigenvalue weighted by Gasteiger charge is 2.12. The van der Waals surface area contributed by atoms with E-state index in [0.29, 0.717) is 42.6 Å². The lowest BCUT2D eigenvalue weighted by Crippen LogP contribution is -2.12. The molecule has 0 saturated carbocycles. The normalized spacial score (nSPS) is 10.1. The lowest BCUT2D eigenvalue weighted by Gasteiger charge is -2.13. The first-order valence-corrected chi connectivity index (χ1v) is 8.11. The minimum atomic E-state index is -0.215. The highest BCUT2D eigenvalue weighted by molar-refractivity contribution is 6.04. The fraction of sp³-hybridized carbons (Fsp3) is 0.316. The van der Waals surface area contributed by atoms with Crippen LogP contribution >= 0.6 is 0 Å². The van der Waals surface area contributed by atoms with Gasteiger partial charge in [-0.05, 0) is 51.1 Å². The first-order chi connectivity index (χ1) is 11.7. The summed E-state index contributed by atoms with van der Waals surface area (Å²) in [6.45, 7) is 7.33. The molecule has 2 aromatic carbocycles. The van der Waals surface area contributed by atoms with Gasteiger partial charge in [-0.25, -0.2) is 0 Å². The van der Waals surface area contributed by atoms with Crippen molar-refractivity contribution >= 4 is 11.6 Å². The Bertz CT molecular complexity index is 685. The average Bonchev–Trinajstić information content (AvgIpc) is 2.57. The van der Waals surface area contributed by atoms with Crippen LogP contribution in [0.4, 0.5) is 5.69 Å². The standard InChI is InChI=1S/C19H23NO4/c1-4-22-16-9-7-8-15(13-16)20-19(21)14-10-11-17(23-5-2)18(12-14)24-6-3/h7-13H,4-6H2,1-3H3,(H,20,21). The first kappa shape index (κ1) is 17.7. The molecule has 5 heteroatoms. The number of anilines is 1. The SMILES string of the molecule is CCOc1cccc(NC(=O)c2ccc(OCC)c(OCC)c2)c1. The van der Waals surface area contributed by atoms with Crippen molar-refractivity contribution in [1.29, 1.82) is 0 Å². The van der Waals surface area contributed by atoms with E-state index in [1.54, 1.807) is 24.3 Å². The van der Waals surface area contributed by atoms with Gasteiger partial charge in [0.1, 0.15) is 5.75 Å². The van der Waals surface area contributed by atoms with E-state index in [9.17, 15) is 4.79 Å². The van der Waals surface area contributed by atoms with Crippen molar-refractivity contribution in [3.8, 4) is 17.2 Å². The molecule has 2 rings (SSSR count). The van der Waals surface area contributed by atoms with E-state index in [1.807, 2.05) is 39.0 Å². The molecular weight excluding hydrogens is 306 g/mol. The van der Waals surface area contributed by atoms with Crippen LogP contribution in [-0.4, -0.2) is 25.7 Å². The molecule has 0 aliphatic carbocycles. The van der Waals surface area contributed by atoms with E-state index >= 15 is 0 Å². The molecule has 0 bridgehead atoms. The largest absolute Gasteiger partial charge is 0.494 e.